The van der Waals surface area contributed by atoms with Crippen molar-refractivity contribution in [2.75, 3.05) is 12.4 Å². The fraction of sp³-hybridized carbons (Fsp3) is 0.350. The SMILES string of the molecule is C[C@@]12N=C(N)SC[C@@H]1CCOc1ccc(CC(=O)c3ccc(F)cn3)cc12. The summed E-state index contributed by atoms with van der Waals surface area (Å²) in [6.07, 6.45) is 2.14. The van der Waals surface area contributed by atoms with Crippen molar-refractivity contribution in [3.8, 4) is 5.75 Å². The van der Waals surface area contributed by atoms with Crippen molar-refractivity contribution in [2.24, 2.45) is 16.6 Å². The number of pyridine rings is 1. The molecule has 0 unspecified atom stereocenters. The highest BCUT2D eigenvalue weighted by atomic mass is 32.2. The predicted octanol–water partition coefficient (Wildman–Crippen LogP) is 3.32. The van der Waals surface area contributed by atoms with E-state index in [-0.39, 0.29) is 17.9 Å². The van der Waals surface area contributed by atoms with Gasteiger partial charge in [0.1, 0.15) is 17.3 Å². The molecule has 27 heavy (non-hydrogen) atoms. The molecular weight excluding hydrogens is 365 g/mol. The lowest BCUT2D eigenvalue weighted by molar-refractivity contribution is 0.0988. The second-order valence-electron chi connectivity index (χ2n) is 7.03. The largest absolute Gasteiger partial charge is 0.493 e. The van der Waals surface area contributed by atoms with E-state index in [1.165, 1.54) is 12.1 Å². The van der Waals surface area contributed by atoms with Crippen molar-refractivity contribution >= 4 is 22.7 Å². The molecule has 3 heterocycles. The summed E-state index contributed by atoms with van der Waals surface area (Å²) in [5.41, 5.74) is 7.62. The fourth-order valence-electron chi connectivity index (χ4n) is 3.68. The quantitative estimate of drug-likeness (QED) is 0.820. The summed E-state index contributed by atoms with van der Waals surface area (Å²) in [5.74, 6) is 1.39. The highest BCUT2D eigenvalue weighted by Crippen LogP contribution is 2.47. The van der Waals surface area contributed by atoms with Crippen LogP contribution in [0.4, 0.5) is 4.39 Å². The summed E-state index contributed by atoms with van der Waals surface area (Å²) in [6.45, 7) is 2.73. The summed E-state index contributed by atoms with van der Waals surface area (Å²) >= 11 is 1.58. The Balaban J connectivity index is 1.68. The molecule has 5 nitrogen and oxygen atoms in total. The van der Waals surface area contributed by atoms with Crippen molar-refractivity contribution in [1.29, 1.82) is 0 Å². The number of ketones is 1. The summed E-state index contributed by atoms with van der Waals surface area (Å²) in [4.78, 5) is 21.1. The van der Waals surface area contributed by atoms with Crippen molar-refractivity contribution in [3.63, 3.8) is 0 Å². The molecule has 2 atom stereocenters. The lowest BCUT2D eigenvalue weighted by Gasteiger charge is -2.36. The minimum atomic E-state index is -0.464. The van der Waals surface area contributed by atoms with Crippen LogP contribution in [0.1, 0.15) is 35.0 Å². The summed E-state index contributed by atoms with van der Waals surface area (Å²) in [5, 5.41) is 0.582. The zero-order valence-corrected chi connectivity index (χ0v) is 15.8. The Bertz CT molecular complexity index is 916. The first kappa shape index (κ1) is 18.0. The number of rotatable bonds is 3. The van der Waals surface area contributed by atoms with Gasteiger partial charge in [-0.05, 0) is 43.2 Å². The van der Waals surface area contributed by atoms with Gasteiger partial charge in [0.05, 0.1) is 18.3 Å². The van der Waals surface area contributed by atoms with Gasteiger partial charge in [0.2, 0.25) is 0 Å². The van der Waals surface area contributed by atoms with Gasteiger partial charge in [0.25, 0.3) is 0 Å². The number of nitrogens with zero attached hydrogens (tertiary/aromatic N) is 2. The second-order valence-corrected chi connectivity index (χ2v) is 8.08. The topological polar surface area (TPSA) is 77.6 Å². The molecule has 2 N–H and O–H groups in total. The third-order valence-corrected chi connectivity index (χ3v) is 6.22. The summed E-state index contributed by atoms with van der Waals surface area (Å²) < 4.78 is 19.0. The van der Waals surface area contributed by atoms with Gasteiger partial charge in [-0.1, -0.05) is 17.8 Å². The molecule has 0 radical (unpaired) electrons. The van der Waals surface area contributed by atoms with E-state index in [1.807, 2.05) is 18.2 Å². The van der Waals surface area contributed by atoms with Crippen LogP contribution in [0.2, 0.25) is 0 Å². The van der Waals surface area contributed by atoms with Gasteiger partial charge in [-0.3, -0.25) is 14.8 Å². The van der Waals surface area contributed by atoms with Crippen molar-refractivity contribution in [1.82, 2.24) is 4.98 Å². The molecule has 0 spiro atoms. The van der Waals surface area contributed by atoms with Crippen LogP contribution in [0.3, 0.4) is 0 Å². The number of aliphatic imine (C=N–C) groups is 1. The Morgan fingerprint density at radius 2 is 2.26 bits per heavy atom. The first-order valence-corrected chi connectivity index (χ1v) is 9.83. The Morgan fingerprint density at radius 3 is 3.04 bits per heavy atom. The zero-order chi connectivity index (χ0) is 19.0. The molecule has 0 fully saturated rings. The standard InChI is InChI=1S/C20H20FN3O2S/c1-20-13(11-27-19(22)24-20)6-7-26-18-5-2-12(8-15(18)20)9-17(25)16-4-3-14(21)10-23-16/h2-5,8,10,13H,6-7,9,11H2,1H3,(H2,22,24)/t13-,20+/m0/s1. The number of amidine groups is 1. The minimum Gasteiger partial charge on any atom is -0.493 e. The van der Waals surface area contributed by atoms with Gasteiger partial charge in [-0.2, -0.15) is 0 Å². The van der Waals surface area contributed by atoms with Gasteiger partial charge in [-0.15, -0.1) is 0 Å². The predicted molar refractivity (Wildman–Crippen MR) is 104 cm³/mol. The lowest BCUT2D eigenvalue weighted by Crippen LogP contribution is -2.37. The maximum absolute atomic E-state index is 13.0. The van der Waals surface area contributed by atoms with Gasteiger partial charge in [0.15, 0.2) is 11.0 Å². The number of carbonyl (C=O) groups excluding carboxylic acids is 1. The van der Waals surface area contributed by atoms with E-state index in [2.05, 4.69) is 11.9 Å². The van der Waals surface area contributed by atoms with Crippen LogP contribution in [0.15, 0.2) is 41.5 Å². The van der Waals surface area contributed by atoms with E-state index in [9.17, 15) is 9.18 Å². The van der Waals surface area contributed by atoms with Gasteiger partial charge < -0.3 is 10.5 Å². The minimum absolute atomic E-state index is 0.159. The monoisotopic (exact) mass is 385 g/mol. The maximum atomic E-state index is 13.0. The second kappa shape index (κ2) is 6.96. The highest BCUT2D eigenvalue weighted by molar-refractivity contribution is 8.13. The van der Waals surface area contributed by atoms with Crippen LogP contribution < -0.4 is 10.5 Å². The first-order valence-electron chi connectivity index (χ1n) is 8.85. The maximum Gasteiger partial charge on any atom is 0.185 e. The Hall–Kier alpha value is -2.41. The molecule has 0 aliphatic carbocycles. The smallest absolute Gasteiger partial charge is 0.185 e. The Labute approximate surface area is 161 Å². The molecule has 0 bridgehead atoms. The van der Waals surface area contributed by atoms with Crippen molar-refractivity contribution in [3.05, 3.63) is 59.2 Å². The molecule has 0 amide bonds. The normalized spacial score (nSPS) is 24.1. The molecule has 7 heteroatoms. The van der Waals surface area contributed by atoms with E-state index >= 15 is 0 Å². The first-order chi connectivity index (χ1) is 13.0. The number of thioether (sulfide) groups is 1. The third-order valence-electron chi connectivity index (χ3n) is 5.26. The van der Waals surface area contributed by atoms with E-state index in [0.29, 0.717) is 17.7 Å². The van der Waals surface area contributed by atoms with E-state index in [1.54, 1.807) is 11.8 Å². The number of ether oxygens (including phenoxy) is 1. The van der Waals surface area contributed by atoms with Gasteiger partial charge in [0, 0.05) is 23.7 Å². The fourth-order valence-corrected chi connectivity index (χ4v) is 4.80. The molecule has 1 aromatic heterocycles. The molecule has 2 aromatic rings. The number of hydrogen-bond donors (Lipinski definition) is 1. The summed E-state index contributed by atoms with van der Waals surface area (Å²) in [6, 6.07) is 8.42. The van der Waals surface area contributed by atoms with Gasteiger partial charge in [-0.25, -0.2) is 4.39 Å². The molecule has 140 valence electrons. The van der Waals surface area contributed by atoms with Crippen LogP contribution in [0.5, 0.6) is 5.75 Å². The molecular formula is C20H20FN3O2S. The molecule has 2 aliphatic heterocycles. The van der Waals surface area contributed by atoms with Crippen LogP contribution in [0.25, 0.3) is 0 Å². The molecule has 2 aliphatic rings. The average Bonchev–Trinajstić information content (AvgIpc) is 2.78. The van der Waals surface area contributed by atoms with Crippen LogP contribution in [-0.2, 0) is 12.0 Å². The molecule has 0 saturated heterocycles. The number of benzene rings is 1. The Kier molecular flexibility index (Phi) is 4.63. The van der Waals surface area contributed by atoms with E-state index in [0.717, 1.165) is 35.2 Å². The van der Waals surface area contributed by atoms with Gasteiger partial charge >= 0.3 is 0 Å². The third kappa shape index (κ3) is 3.43. The average molecular weight is 385 g/mol. The van der Waals surface area contributed by atoms with Crippen LogP contribution in [0, 0.1) is 11.7 Å². The number of carbonyl (C=O) groups is 1. The van der Waals surface area contributed by atoms with Crippen molar-refractivity contribution < 1.29 is 13.9 Å². The van der Waals surface area contributed by atoms with E-state index < -0.39 is 11.4 Å². The van der Waals surface area contributed by atoms with Crippen LogP contribution in [-0.4, -0.2) is 28.3 Å². The molecule has 1 aromatic carbocycles. The number of Topliss-reactive ketones (excluding diaryl/α,β-unsaturated/α-hetero) is 1. The number of aromatic nitrogens is 1. The number of nitrogens with two attached hydrogens (primary N) is 1. The highest BCUT2D eigenvalue weighted by Gasteiger charge is 2.42. The Morgan fingerprint density at radius 1 is 1.41 bits per heavy atom. The number of hydrogen-bond acceptors (Lipinski definition) is 6. The lowest BCUT2D eigenvalue weighted by atomic mass is 9.78. The zero-order valence-electron chi connectivity index (χ0n) is 14.9. The van der Waals surface area contributed by atoms with Crippen molar-refractivity contribution in [2.45, 2.75) is 25.3 Å². The molecule has 0 saturated carbocycles. The van der Waals surface area contributed by atoms with Crippen LogP contribution >= 0.6 is 11.8 Å². The number of halogens is 1. The molecule has 4 rings (SSSR count). The number of fused-ring (bicyclic) bond motifs is 3. The van der Waals surface area contributed by atoms with E-state index in [4.69, 9.17) is 15.5 Å². The summed E-state index contributed by atoms with van der Waals surface area (Å²) in [7, 11) is 0.